The fraction of sp³-hybridized carbons (Fsp3) is 0.250. The summed E-state index contributed by atoms with van der Waals surface area (Å²) in [6.07, 6.45) is -0.519. The molecule has 2 aromatic rings. The van der Waals surface area contributed by atoms with E-state index in [0.717, 1.165) is 0 Å². The number of carbonyl (C=O) groups excluding carboxylic acids is 3. The van der Waals surface area contributed by atoms with Crippen molar-refractivity contribution in [2.24, 2.45) is 0 Å². The van der Waals surface area contributed by atoms with Crippen molar-refractivity contribution in [1.29, 1.82) is 0 Å². The lowest BCUT2D eigenvalue weighted by Crippen LogP contribution is -2.33. The minimum atomic E-state index is -0.613. The largest absolute Gasteiger partial charge is 0.442 e. The number of aliphatic hydroxyl groups is 1. The van der Waals surface area contributed by atoms with Gasteiger partial charge in [-0.25, -0.2) is 9.18 Å². The average Bonchev–Trinajstić information content (AvgIpc) is 3.06. The van der Waals surface area contributed by atoms with E-state index in [0.29, 0.717) is 23.1 Å². The molecule has 1 aliphatic rings. The van der Waals surface area contributed by atoms with Gasteiger partial charge in [0.1, 0.15) is 18.2 Å². The molecule has 0 aromatic heterocycles. The quantitative estimate of drug-likeness (QED) is 0.743. The second-order valence-electron chi connectivity index (χ2n) is 6.41. The van der Waals surface area contributed by atoms with Crippen LogP contribution in [0.5, 0.6) is 0 Å². The van der Waals surface area contributed by atoms with Crippen LogP contribution in [0.15, 0.2) is 36.4 Å². The summed E-state index contributed by atoms with van der Waals surface area (Å²) in [7, 11) is 0. The van der Waals surface area contributed by atoms with Gasteiger partial charge in [-0.05, 0) is 35.4 Å². The van der Waals surface area contributed by atoms with Gasteiger partial charge < -0.3 is 15.2 Å². The Labute approximate surface area is 160 Å². The van der Waals surface area contributed by atoms with Crippen LogP contribution in [0.1, 0.15) is 22.8 Å². The normalized spacial score (nSPS) is 16.0. The van der Waals surface area contributed by atoms with Crippen LogP contribution in [0.4, 0.5) is 14.9 Å². The van der Waals surface area contributed by atoms with Crippen molar-refractivity contribution in [2.75, 3.05) is 18.0 Å². The summed E-state index contributed by atoms with van der Waals surface area (Å²) in [6, 6.07) is 9.01. The summed E-state index contributed by atoms with van der Waals surface area (Å²) >= 11 is 0. The molecule has 1 aliphatic heterocycles. The van der Waals surface area contributed by atoms with Gasteiger partial charge in [-0.15, -0.1) is 0 Å². The molecule has 8 heteroatoms. The first-order chi connectivity index (χ1) is 13.4. The molecule has 7 nitrogen and oxygen atoms in total. The molecule has 0 bridgehead atoms. The summed E-state index contributed by atoms with van der Waals surface area (Å²) < 4.78 is 19.9. The molecule has 0 unspecified atom stereocenters. The Balaban J connectivity index is 1.82. The summed E-state index contributed by atoms with van der Waals surface area (Å²) in [4.78, 5) is 35.5. The van der Waals surface area contributed by atoms with Gasteiger partial charge in [0.25, 0.3) is 0 Å². The highest BCUT2D eigenvalue weighted by Gasteiger charge is 2.32. The smallest absolute Gasteiger partial charge is 0.414 e. The number of halogens is 1. The fourth-order valence-electron chi connectivity index (χ4n) is 3.02. The lowest BCUT2D eigenvalue weighted by atomic mass is 9.99. The third kappa shape index (κ3) is 4.01. The number of carbonyl (C=O) groups is 3. The minimum absolute atomic E-state index is 0.184. The molecule has 1 atom stereocenters. The van der Waals surface area contributed by atoms with Crippen molar-refractivity contribution in [3.63, 3.8) is 0 Å². The third-order valence-corrected chi connectivity index (χ3v) is 4.47. The van der Waals surface area contributed by atoms with E-state index < -0.39 is 18.0 Å². The van der Waals surface area contributed by atoms with Crippen molar-refractivity contribution >= 4 is 24.0 Å². The maximum absolute atomic E-state index is 14.7. The predicted molar refractivity (Wildman–Crippen MR) is 99.4 cm³/mol. The van der Waals surface area contributed by atoms with Crippen molar-refractivity contribution in [3.8, 4) is 11.1 Å². The SMILES string of the molecule is CC(=O)NC[C@H]1CN(c2ccc(-c3ccc(CO)c(C=O)c3)c(F)c2)C(=O)O1. The molecule has 1 fully saturated rings. The number of nitrogens with one attached hydrogen (secondary N) is 1. The van der Waals surface area contributed by atoms with Crippen molar-refractivity contribution in [1.82, 2.24) is 5.32 Å². The van der Waals surface area contributed by atoms with Gasteiger partial charge >= 0.3 is 6.09 Å². The molecule has 146 valence electrons. The van der Waals surface area contributed by atoms with Crippen LogP contribution in [-0.4, -0.2) is 42.6 Å². The van der Waals surface area contributed by atoms with E-state index in [2.05, 4.69) is 5.32 Å². The second-order valence-corrected chi connectivity index (χ2v) is 6.41. The van der Waals surface area contributed by atoms with Crippen LogP contribution < -0.4 is 10.2 Å². The molecule has 0 spiro atoms. The zero-order valence-corrected chi connectivity index (χ0v) is 15.1. The van der Waals surface area contributed by atoms with Crippen LogP contribution in [0.25, 0.3) is 11.1 Å². The van der Waals surface area contributed by atoms with Gasteiger partial charge in [-0.3, -0.25) is 14.5 Å². The first-order valence-electron chi connectivity index (χ1n) is 8.64. The molecule has 0 radical (unpaired) electrons. The van der Waals surface area contributed by atoms with Crippen LogP contribution in [-0.2, 0) is 16.1 Å². The van der Waals surface area contributed by atoms with E-state index in [1.807, 2.05) is 0 Å². The van der Waals surface area contributed by atoms with Gasteiger partial charge in [0.2, 0.25) is 5.91 Å². The van der Waals surface area contributed by atoms with E-state index in [9.17, 15) is 23.9 Å². The topological polar surface area (TPSA) is 95.9 Å². The molecular weight excluding hydrogens is 367 g/mol. The molecule has 28 heavy (non-hydrogen) atoms. The Morgan fingerprint density at radius 2 is 2.14 bits per heavy atom. The summed E-state index contributed by atoms with van der Waals surface area (Å²) in [6.45, 7) is 1.46. The summed E-state index contributed by atoms with van der Waals surface area (Å²) in [5, 5.41) is 11.8. The molecule has 2 amide bonds. The number of aldehydes is 1. The Hall–Kier alpha value is -3.26. The van der Waals surface area contributed by atoms with E-state index in [1.165, 1.54) is 30.0 Å². The molecule has 2 N–H and O–H groups in total. The van der Waals surface area contributed by atoms with Crippen molar-refractivity contribution in [3.05, 3.63) is 53.3 Å². The van der Waals surface area contributed by atoms with Crippen LogP contribution in [0.3, 0.4) is 0 Å². The number of cyclic esters (lactones) is 1. The number of ether oxygens (including phenoxy) is 1. The number of anilines is 1. The van der Waals surface area contributed by atoms with Gasteiger partial charge in [-0.2, -0.15) is 0 Å². The maximum atomic E-state index is 14.7. The summed E-state index contributed by atoms with van der Waals surface area (Å²) in [5.74, 6) is -0.795. The zero-order chi connectivity index (χ0) is 20.3. The molecular formula is C20H19FN2O5. The number of hydrogen-bond donors (Lipinski definition) is 2. The van der Waals surface area contributed by atoms with Gasteiger partial charge in [0.15, 0.2) is 0 Å². The van der Waals surface area contributed by atoms with E-state index in [1.54, 1.807) is 18.2 Å². The van der Waals surface area contributed by atoms with Crippen molar-refractivity contribution in [2.45, 2.75) is 19.6 Å². The molecule has 1 heterocycles. The van der Waals surface area contributed by atoms with E-state index in [4.69, 9.17) is 4.74 Å². The standard InChI is InChI=1S/C20H19FN2O5/c1-12(26)22-8-17-9-23(20(27)28-17)16-4-5-18(19(21)7-16)13-2-3-14(10-24)15(6-13)11-25/h2-7,11,17,24H,8-10H2,1H3,(H,22,26)/t17-/m0/s1. The molecule has 1 saturated heterocycles. The molecule has 0 saturated carbocycles. The van der Waals surface area contributed by atoms with Crippen LogP contribution in [0, 0.1) is 5.82 Å². The Morgan fingerprint density at radius 1 is 1.36 bits per heavy atom. The fourth-order valence-corrected chi connectivity index (χ4v) is 3.02. The van der Waals surface area contributed by atoms with Crippen molar-refractivity contribution < 1.29 is 28.6 Å². The highest BCUT2D eigenvalue weighted by molar-refractivity contribution is 5.90. The first kappa shape index (κ1) is 19.5. The average molecular weight is 386 g/mol. The van der Waals surface area contributed by atoms with Crippen LogP contribution in [0.2, 0.25) is 0 Å². The maximum Gasteiger partial charge on any atom is 0.414 e. The van der Waals surface area contributed by atoms with E-state index >= 15 is 0 Å². The lowest BCUT2D eigenvalue weighted by molar-refractivity contribution is -0.119. The minimum Gasteiger partial charge on any atom is -0.442 e. The summed E-state index contributed by atoms with van der Waals surface area (Å²) in [5.41, 5.74) is 1.82. The number of aliphatic hydroxyl groups excluding tert-OH is 1. The molecule has 0 aliphatic carbocycles. The van der Waals surface area contributed by atoms with Gasteiger partial charge in [-0.1, -0.05) is 12.1 Å². The Kier molecular flexibility index (Phi) is 5.70. The Morgan fingerprint density at radius 3 is 2.79 bits per heavy atom. The molecule has 3 rings (SSSR count). The predicted octanol–water partition coefficient (Wildman–Crippen LogP) is 2.26. The highest BCUT2D eigenvalue weighted by atomic mass is 19.1. The van der Waals surface area contributed by atoms with Gasteiger partial charge in [0.05, 0.1) is 25.4 Å². The number of rotatable bonds is 6. The van der Waals surface area contributed by atoms with E-state index in [-0.39, 0.29) is 36.7 Å². The lowest BCUT2D eigenvalue weighted by Gasteiger charge is -2.15. The van der Waals surface area contributed by atoms with Crippen LogP contribution >= 0.6 is 0 Å². The molecule has 2 aromatic carbocycles. The van der Waals surface area contributed by atoms with Gasteiger partial charge in [0, 0.05) is 18.1 Å². The third-order valence-electron chi connectivity index (χ3n) is 4.47. The highest BCUT2D eigenvalue weighted by Crippen LogP contribution is 2.30. The number of nitrogens with zero attached hydrogens (tertiary/aromatic N) is 1. The number of amides is 2. The first-order valence-corrected chi connectivity index (χ1v) is 8.64. The zero-order valence-electron chi connectivity index (χ0n) is 15.1. The Bertz CT molecular complexity index is 931. The second kappa shape index (κ2) is 8.18. The number of benzene rings is 2. The monoisotopic (exact) mass is 386 g/mol. The number of hydrogen-bond acceptors (Lipinski definition) is 5.